The number of thiazole rings is 1. The summed E-state index contributed by atoms with van der Waals surface area (Å²) in [7, 11) is 0. The van der Waals surface area contributed by atoms with Gasteiger partial charge in [-0.3, -0.25) is 9.20 Å². The van der Waals surface area contributed by atoms with E-state index in [1.54, 1.807) is 17.5 Å². The van der Waals surface area contributed by atoms with Crippen LogP contribution in [0.3, 0.4) is 0 Å². The van der Waals surface area contributed by atoms with Crippen LogP contribution in [-0.4, -0.2) is 20.5 Å². The van der Waals surface area contributed by atoms with Crippen LogP contribution in [0.25, 0.3) is 15.2 Å². The van der Waals surface area contributed by atoms with Gasteiger partial charge in [-0.1, -0.05) is 17.4 Å². The normalized spacial score (nSPS) is 11.2. The number of hydrogen-bond acceptors (Lipinski definition) is 3. The third-order valence-corrected chi connectivity index (χ3v) is 3.48. The van der Waals surface area contributed by atoms with Gasteiger partial charge in [0.15, 0.2) is 4.96 Å². The minimum atomic E-state index is -0.805. The molecule has 2 heterocycles. The number of carboxylic acid groups (broad SMARTS) is 1. The van der Waals surface area contributed by atoms with E-state index in [0.29, 0.717) is 0 Å². The second-order valence-corrected chi connectivity index (χ2v) is 4.56. The number of carboxylic acids is 1. The summed E-state index contributed by atoms with van der Waals surface area (Å²) in [5.74, 6) is -0.805. The van der Waals surface area contributed by atoms with Crippen molar-refractivity contribution in [3.63, 3.8) is 0 Å². The van der Waals surface area contributed by atoms with Crippen LogP contribution in [0.4, 0.5) is 0 Å². The number of nitrogens with zero attached hydrogens (tertiary/aromatic N) is 2. The fourth-order valence-corrected chi connectivity index (χ4v) is 2.82. The summed E-state index contributed by atoms with van der Waals surface area (Å²) in [6, 6.07) is 5.71. The predicted octanol–water partition coefficient (Wildman–Crippen LogP) is 2.18. The Morgan fingerprint density at radius 1 is 1.50 bits per heavy atom. The van der Waals surface area contributed by atoms with Crippen LogP contribution in [0, 0.1) is 0 Å². The number of benzene rings is 1. The monoisotopic (exact) mass is 232 g/mol. The third-order valence-electron chi connectivity index (χ3n) is 2.45. The molecule has 0 atom stereocenters. The van der Waals surface area contributed by atoms with Gasteiger partial charge in [-0.05, 0) is 17.7 Å². The molecule has 0 fully saturated rings. The molecule has 2 aromatic heterocycles. The highest BCUT2D eigenvalue weighted by Gasteiger charge is 2.07. The maximum absolute atomic E-state index is 10.6. The van der Waals surface area contributed by atoms with Gasteiger partial charge >= 0.3 is 5.97 Å². The van der Waals surface area contributed by atoms with Crippen molar-refractivity contribution in [1.82, 2.24) is 9.38 Å². The second kappa shape index (κ2) is 3.31. The molecule has 3 rings (SSSR count). The largest absolute Gasteiger partial charge is 0.481 e. The molecule has 0 aliphatic carbocycles. The highest BCUT2D eigenvalue weighted by molar-refractivity contribution is 7.23. The first-order valence-electron chi connectivity index (χ1n) is 4.80. The van der Waals surface area contributed by atoms with Crippen molar-refractivity contribution in [3.05, 3.63) is 36.2 Å². The number of rotatable bonds is 2. The highest BCUT2D eigenvalue weighted by atomic mass is 32.1. The van der Waals surface area contributed by atoms with Gasteiger partial charge in [-0.2, -0.15) is 0 Å². The summed E-state index contributed by atoms with van der Waals surface area (Å²) in [5, 5.41) is 8.72. The quantitative estimate of drug-likeness (QED) is 0.736. The molecule has 4 nitrogen and oxygen atoms in total. The molecule has 0 bridgehead atoms. The molecule has 0 saturated heterocycles. The molecule has 16 heavy (non-hydrogen) atoms. The molecule has 0 saturated carbocycles. The topological polar surface area (TPSA) is 54.6 Å². The lowest BCUT2D eigenvalue weighted by atomic mass is 10.1. The first-order chi connectivity index (χ1) is 7.74. The number of aliphatic carboxylic acids is 1. The van der Waals surface area contributed by atoms with E-state index in [-0.39, 0.29) is 6.42 Å². The molecular weight excluding hydrogens is 224 g/mol. The van der Waals surface area contributed by atoms with Crippen LogP contribution in [0.1, 0.15) is 5.56 Å². The highest BCUT2D eigenvalue weighted by Crippen LogP contribution is 2.26. The van der Waals surface area contributed by atoms with Gasteiger partial charge in [0.25, 0.3) is 0 Å². The molecule has 0 aliphatic rings. The van der Waals surface area contributed by atoms with E-state index in [2.05, 4.69) is 4.98 Å². The van der Waals surface area contributed by atoms with Gasteiger partial charge in [-0.25, -0.2) is 4.98 Å². The van der Waals surface area contributed by atoms with Crippen molar-refractivity contribution in [1.29, 1.82) is 0 Å². The molecule has 1 N–H and O–H groups in total. The molecule has 80 valence electrons. The van der Waals surface area contributed by atoms with Crippen molar-refractivity contribution in [2.24, 2.45) is 0 Å². The summed E-state index contributed by atoms with van der Waals surface area (Å²) in [5.41, 5.74) is 1.90. The number of carbonyl (C=O) groups is 1. The standard InChI is InChI=1S/C11H8N2O2S/c14-10(15)6-7-1-2-8-9(5-7)16-11-12-3-4-13(8)11/h1-5H,6H2,(H,14,15). The molecule has 3 aromatic rings. The zero-order valence-electron chi connectivity index (χ0n) is 8.25. The van der Waals surface area contributed by atoms with Gasteiger partial charge < -0.3 is 5.11 Å². The van der Waals surface area contributed by atoms with E-state index >= 15 is 0 Å². The Balaban J connectivity index is 2.20. The van der Waals surface area contributed by atoms with Gasteiger partial charge in [0.1, 0.15) is 0 Å². The number of imidazole rings is 1. The maximum Gasteiger partial charge on any atom is 0.307 e. The van der Waals surface area contributed by atoms with Crippen LogP contribution in [0.5, 0.6) is 0 Å². The van der Waals surface area contributed by atoms with Gasteiger partial charge in [0, 0.05) is 12.4 Å². The third kappa shape index (κ3) is 1.37. The molecule has 5 heteroatoms. The Kier molecular flexibility index (Phi) is 1.94. The molecule has 0 amide bonds. The van der Waals surface area contributed by atoms with Crippen LogP contribution in [-0.2, 0) is 11.2 Å². The average molecular weight is 232 g/mol. The lowest BCUT2D eigenvalue weighted by Gasteiger charge is -1.96. The first kappa shape index (κ1) is 9.35. The average Bonchev–Trinajstić information content (AvgIpc) is 2.75. The number of fused-ring (bicyclic) bond motifs is 3. The van der Waals surface area contributed by atoms with Crippen LogP contribution in [0.15, 0.2) is 30.6 Å². The second-order valence-electron chi connectivity index (χ2n) is 3.55. The van der Waals surface area contributed by atoms with Gasteiger partial charge in [-0.15, -0.1) is 0 Å². The van der Waals surface area contributed by atoms with Crippen molar-refractivity contribution in [2.45, 2.75) is 6.42 Å². The Hall–Kier alpha value is -1.88. The SMILES string of the molecule is O=C(O)Cc1ccc2c(c1)sc1nccn12. The fourth-order valence-electron chi connectivity index (χ4n) is 1.77. The Labute approximate surface area is 94.8 Å². The molecule has 0 spiro atoms. The Morgan fingerprint density at radius 3 is 3.19 bits per heavy atom. The van der Waals surface area contributed by atoms with Crippen LogP contribution < -0.4 is 0 Å². The lowest BCUT2D eigenvalue weighted by molar-refractivity contribution is -0.136. The number of aromatic nitrogens is 2. The fraction of sp³-hybridized carbons (Fsp3) is 0.0909. The molecule has 0 aliphatic heterocycles. The predicted molar refractivity (Wildman–Crippen MR) is 61.9 cm³/mol. The first-order valence-corrected chi connectivity index (χ1v) is 5.62. The van der Waals surface area contributed by atoms with Crippen LogP contribution in [0.2, 0.25) is 0 Å². The zero-order valence-corrected chi connectivity index (χ0v) is 9.07. The Bertz CT molecular complexity index is 683. The number of hydrogen-bond donors (Lipinski definition) is 1. The summed E-state index contributed by atoms with van der Waals surface area (Å²) < 4.78 is 3.08. The lowest BCUT2D eigenvalue weighted by Crippen LogP contribution is -1.99. The summed E-state index contributed by atoms with van der Waals surface area (Å²) in [6.07, 6.45) is 3.73. The summed E-state index contributed by atoms with van der Waals surface area (Å²) in [4.78, 5) is 15.8. The van der Waals surface area contributed by atoms with Crippen LogP contribution >= 0.6 is 11.3 Å². The molecular formula is C11H8N2O2S. The smallest absolute Gasteiger partial charge is 0.307 e. The van der Waals surface area contributed by atoms with Gasteiger partial charge in [0.05, 0.1) is 16.6 Å². The van der Waals surface area contributed by atoms with E-state index in [4.69, 9.17) is 5.11 Å². The van der Waals surface area contributed by atoms with Crippen molar-refractivity contribution in [2.75, 3.05) is 0 Å². The summed E-state index contributed by atoms with van der Waals surface area (Å²) in [6.45, 7) is 0. The molecule has 0 unspecified atom stereocenters. The van der Waals surface area contributed by atoms with E-state index in [1.165, 1.54) is 0 Å². The maximum atomic E-state index is 10.6. The zero-order chi connectivity index (χ0) is 11.1. The molecule has 0 radical (unpaired) electrons. The summed E-state index contributed by atoms with van der Waals surface area (Å²) >= 11 is 1.57. The minimum Gasteiger partial charge on any atom is -0.481 e. The van der Waals surface area contributed by atoms with E-state index in [0.717, 1.165) is 20.7 Å². The van der Waals surface area contributed by atoms with Gasteiger partial charge in [0.2, 0.25) is 0 Å². The van der Waals surface area contributed by atoms with E-state index in [9.17, 15) is 4.79 Å². The van der Waals surface area contributed by atoms with E-state index in [1.807, 2.05) is 28.8 Å². The van der Waals surface area contributed by atoms with Crippen molar-refractivity contribution < 1.29 is 9.90 Å². The molecule has 1 aromatic carbocycles. The minimum absolute atomic E-state index is 0.0656. The van der Waals surface area contributed by atoms with Crippen molar-refractivity contribution >= 4 is 32.5 Å². The van der Waals surface area contributed by atoms with Crippen molar-refractivity contribution in [3.8, 4) is 0 Å². The van der Waals surface area contributed by atoms with E-state index < -0.39 is 5.97 Å². The Morgan fingerprint density at radius 2 is 2.38 bits per heavy atom.